The number of aliphatic hydroxyl groups is 1. The number of aliphatic hydroxyl groups excluding tert-OH is 1. The molecule has 5 rings (SSSR count). The molecule has 1 aliphatic heterocycles. The lowest BCUT2D eigenvalue weighted by Crippen LogP contribution is -2.98. The highest BCUT2D eigenvalue weighted by Crippen LogP contribution is 2.38. The van der Waals surface area contributed by atoms with Crippen LogP contribution in [0.1, 0.15) is 38.5 Å². The highest BCUT2D eigenvalue weighted by Gasteiger charge is 2.31. The first-order chi connectivity index (χ1) is 14.3. The van der Waals surface area contributed by atoms with E-state index in [1.807, 2.05) is 0 Å². The lowest BCUT2D eigenvalue weighted by molar-refractivity contribution is -0.731. The molecule has 1 saturated carbocycles. The quantitative estimate of drug-likeness (QED) is 0.695. The average Bonchev–Trinajstić information content (AvgIpc) is 3.21. The molecule has 29 heavy (non-hydrogen) atoms. The summed E-state index contributed by atoms with van der Waals surface area (Å²) < 4.78 is 0. The van der Waals surface area contributed by atoms with E-state index >= 15 is 0 Å². The summed E-state index contributed by atoms with van der Waals surface area (Å²) in [4.78, 5) is 12.7. The van der Waals surface area contributed by atoms with Gasteiger partial charge in [0, 0.05) is 43.3 Å². The number of hydrogen-bond acceptors (Lipinski definition) is 5. The van der Waals surface area contributed by atoms with E-state index in [2.05, 4.69) is 50.9 Å². The molecule has 0 spiro atoms. The van der Waals surface area contributed by atoms with Gasteiger partial charge in [-0.1, -0.05) is 36.8 Å². The maximum Gasteiger partial charge on any atom is 0.141 e. The lowest BCUT2D eigenvalue weighted by Gasteiger charge is -2.35. The minimum atomic E-state index is -0.123. The molecule has 1 aromatic carbocycles. The number of piperidine rings is 1. The van der Waals surface area contributed by atoms with Crippen LogP contribution in [0.2, 0.25) is 0 Å². The number of aromatic nitrogens is 2. The van der Waals surface area contributed by atoms with Gasteiger partial charge in [-0.3, -0.25) is 0 Å². The number of rotatable bonds is 4. The average molecular weight is 410 g/mol. The second-order valence-corrected chi connectivity index (χ2v) is 9.28. The van der Waals surface area contributed by atoms with Crippen molar-refractivity contribution >= 4 is 27.4 Å². The maximum atomic E-state index is 10.3. The Bertz CT molecular complexity index is 952. The highest BCUT2D eigenvalue weighted by molar-refractivity contribution is 7.17. The minimum Gasteiger partial charge on any atom is -0.387 e. The number of thiophene rings is 1. The zero-order chi connectivity index (χ0) is 19.6. The number of benzene rings is 1. The van der Waals surface area contributed by atoms with Crippen LogP contribution in [0.3, 0.4) is 0 Å². The number of anilines is 1. The molecule has 3 N–H and O–H groups in total. The normalized spacial score (nSPS) is 23.6. The molecule has 0 amide bonds. The van der Waals surface area contributed by atoms with Crippen LogP contribution in [-0.4, -0.2) is 46.4 Å². The van der Waals surface area contributed by atoms with Crippen molar-refractivity contribution in [3.8, 4) is 11.1 Å². The van der Waals surface area contributed by atoms with E-state index in [4.69, 9.17) is 4.98 Å². The first-order valence-electron chi connectivity index (χ1n) is 10.9. The molecule has 152 valence electrons. The zero-order valence-electron chi connectivity index (χ0n) is 16.7. The predicted molar refractivity (Wildman–Crippen MR) is 118 cm³/mol. The van der Waals surface area contributed by atoms with Gasteiger partial charge in [0.2, 0.25) is 0 Å². The van der Waals surface area contributed by atoms with E-state index in [0.717, 1.165) is 49.4 Å². The van der Waals surface area contributed by atoms with Crippen molar-refractivity contribution in [1.29, 1.82) is 0 Å². The summed E-state index contributed by atoms with van der Waals surface area (Å²) >= 11 is 1.70. The molecule has 5 nitrogen and oxygen atoms in total. The van der Waals surface area contributed by atoms with E-state index in [-0.39, 0.29) is 6.10 Å². The van der Waals surface area contributed by atoms with Crippen LogP contribution in [0.15, 0.2) is 42.0 Å². The Morgan fingerprint density at radius 1 is 1.00 bits per heavy atom. The largest absolute Gasteiger partial charge is 0.387 e. The van der Waals surface area contributed by atoms with E-state index in [1.54, 1.807) is 17.7 Å². The summed E-state index contributed by atoms with van der Waals surface area (Å²) in [7, 11) is 0. The molecule has 2 aromatic heterocycles. The van der Waals surface area contributed by atoms with Gasteiger partial charge < -0.3 is 15.3 Å². The smallest absolute Gasteiger partial charge is 0.141 e. The molecule has 1 saturated heterocycles. The van der Waals surface area contributed by atoms with Crippen LogP contribution in [0, 0.1) is 0 Å². The third-order valence-corrected chi connectivity index (χ3v) is 7.46. The summed E-state index contributed by atoms with van der Waals surface area (Å²) in [5.74, 6) is 1.08. The number of hydrogen-bond donors (Lipinski definition) is 2. The lowest BCUT2D eigenvalue weighted by atomic mass is 9.91. The Balaban J connectivity index is 1.34. The second-order valence-electron chi connectivity index (χ2n) is 8.43. The van der Waals surface area contributed by atoms with Crippen LogP contribution in [0.5, 0.6) is 0 Å². The standard InChI is InChI=1S/C23H28N4OS/c28-20-9-5-4-8-19(20)26-17-10-12-27(13-11-17)22-21-18(16-6-2-1-3-7-16)14-29-23(21)25-15-24-22/h1-3,6-7,14-15,17,19-20,26,28H,4-5,8-13H2/p+1/t19-,20+/m1/s1. The topological polar surface area (TPSA) is 65.9 Å². The second kappa shape index (κ2) is 8.38. The molecular weight excluding hydrogens is 380 g/mol. The van der Waals surface area contributed by atoms with Crippen molar-refractivity contribution in [2.24, 2.45) is 0 Å². The Morgan fingerprint density at radius 2 is 1.79 bits per heavy atom. The Hall–Kier alpha value is -2.02. The fraction of sp³-hybridized carbons (Fsp3) is 0.478. The fourth-order valence-corrected chi connectivity index (χ4v) is 5.86. The summed E-state index contributed by atoms with van der Waals surface area (Å²) in [6.45, 7) is 2.03. The van der Waals surface area contributed by atoms with Crippen molar-refractivity contribution in [2.75, 3.05) is 18.0 Å². The molecule has 2 atom stereocenters. The first kappa shape index (κ1) is 19.0. The summed E-state index contributed by atoms with van der Waals surface area (Å²) in [6, 6.07) is 11.6. The first-order valence-corrected chi connectivity index (χ1v) is 11.7. The Labute approximate surface area is 175 Å². The van der Waals surface area contributed by atoms with Gasteiger partial charge in [-0.25, -0.2) is 9.97 Å². The number of nitrogens with zero attached hydrogens (tertiary/aromatic N) is 3. The molecule has 3 aromatic rings. The van der Waals surface area contributed by atoms with Crippen molar-refractivity contribution < 1.29 is 10.4 Å². The van der Waals surface area contributed by atoms with Crippen molar-refractivity contribution in [3.05, 3.63) is 42.0 Å². The predicted octanol–water partition coefficient (Wildman–Crippen LogP) is 3.19. The van der Waals surface area contributed by atoms with Crippen LogP contribution in [0.25, 0.3) is 21.3 Å². The van der Waals surface area contributed by atoms with Crippen LogP contribution in [-0.2, 0) is 0 Å². The van der Waals surface area contributed by atoms with Crippen molar-refractivity contribution in [2.45, 2.75) is 56.7 Å². The third kappa shape index (κ3) is 3.89. The molecule has 0 unspecified atom stereocenters. The zero-order valence-corrected chi connectivity index (χ0v) is 17.5. The van der Waals surface area contributed by atoms with Gasteiger partial charge in [-0.05, 0) is 18.4 Å². The monoisotopic (exact) mass is 409 g/mol. The highest BCUT2D eigenvalue weighted by atomic mass is 32.1. The van der Waals surface area contributed by atoms with Crippen LogP contribution >= 0.6 is 11.3 Å². The molecule has 1 aliphatic carbocycles. The minimum absolute atomic E-state index is 0.123. The fourth-order valence-electron chi connectivity index (χ4n) is 4.95. The third-order valence-electron chi connectivity index (χ3n) is 6.58. The molecular formula is C23H29N4OS+. The number of quaternary nitrogens is 1. The summed E-state index contributed by atoms with van der Waals surface area (Å²) in [5.41, 5.74) is 2.46. The molecule has 2 fully saturated rings. The number of fused-ring (bicyclic) bond motifs is 1. The van der Waals surface area contributed by atoms with E-state index in [1.165, 1.54) is 29.4 Å². The van der Waals surface area contributed by atoms with Crippen molar-refractivity contribution in [3.63, 3.8) is 0 Å². The molecule has 3 heterocycles. The van der Waals surface area contributed by atoms with E-state index in [0.29, 0.717) is 12.1 Å². The van der Waals surface area contributed by atoms with Crippen LogP contribution in [0.4, 0.5) is 5.82 Å². The summed E-state index contributed by atoms with van der Waals surface area (Å²) in [5, 5.41) is 16.2. The van der Waals surface area contributed by atoms with Gasteiger partial charge in [0.15, 0.2) is 0 Å². The van der Waals surface area contributed by atoms with Crippen molar-refractivity contribution in [1.82, 2.24) is 9.97 Å². The molecule has 2 aliphatic rings. The Morgan fingerprint density at radius 3 is 2.59 bits per heavy atom. The van der Waals surface area contributed by atoms with Gasteiger partial charge in [0.05, 0.1) is 11.4 Å². The summed E-state index contributed by atoms with van der Waals surface area (Å²) in [6.07, 6.45) is 8.43. The van der Waals surface area contributed by atoms with Gasteiger partial charge in [0.25, 0.3) is 0 Å². The maximum absolute atomic E-state index is 10.3. The SMILES string of the molecule is O[C@H]1CCCC[C@H]1[NH2+]C1CCN(c2ncnc3scc(-c4ccccc4)c23)CC1. The molecule has 0 bridgehead atoms. The molecule has 6 heteroatoms. The van der Waals surface area contributed by atoms with Gasteiger partial charge in [-0.15, -0.1) is 11.3 Å². The molecule has 0 radical (unpaired) electrons. The Kier molecular flexibility index (Phi) is 5.48. The van der Waals surface area contributed by atoms with E-state index < -0.39 is 0 Å². The number of nitrogens with two attached hydrogens (primary N) is 1. The van der Waals surface area contributed by atoms with Gasteiger partial charge in [-0.2, -0.15) is 0 Å². The van der Waals surface area contributed by atoms with Gasteiger partial charge >= 0.3 is 0 Å². The van der Waals surface area contributed by atoms with Crippen LogP contribution < -0.4 is 10.2 Å². The van der Waals surface area contributed by atoms with Gasteiger partial charge in [0.1, 0.15) is 29.1 Å². The van der Waals surface area contributed by atoms with E-state index in [9.17, 15) is 5.11 Å².